The molecule has 0 aliphatic carbocycles. The van der Waals surface area contributed by atoms with Crippen LogP contribution in [0.1, 0.15) is 0 Å². The fourth-order valence-electron chi connectivity index (χ4n) is 1.09. The Bertz CT molecular complexity index is 510. The van der Waals surface area contributed by atoms with E-state index in [4.69, 9.17) is 22.3 Å². The molecule has 0 N–H and O–H groups in total. The molecule has 1 aromatic carbocycles. The van der Waals surface area contributed by atoms with Crippen LogP contribution in [0.25, 0.3) is 0 Å². The van der Waals surface area contributed by atoms with Crippen LogP contribution in [-0.2, 0) is 9.90 Å². The molecule has 1 aromatic rings. The van der Waals surface area contributed by atoms with E-state index in [0.29, 0.717) is 9.92 Å². The largest absolute Gasteiger partial charge is 0.452 e. The van der Waals surface area contributed by atoms with Gasteiger partial charge in [-0.1, -0.05) is 11.6 Å². The SMILES string of the molecule is FC(F)(F)C1=Nc2ccc(Cl)cc2S(Cl)=N1. The van der Waals surface area contributed by atoms with Crippen molar-refractivity contribution >= 4 is 43.7 Å². The van der Waals surface area contributed by atoms with Gasteiger partial charge in [-0.25, -0.2) is 4.99 Å². The molecule has 1 aliphatic heterocycles. The van der Waals surface area contributed by atoms with Crippen LogP contribution in [0.5, 0.6) is 0 Å². The molecular weight excluding hydrogens is 284 g/mol. The Hall–Kier alpha value is -0.590. The van der Waals surface area contributed by atoms with Crippen LogP contribution in [0.15, 0.2) is 32.4 Å². The molecule has 2 nitrogen and oxygen atoms in total. The predicted octanol–water partition coefficient (Wildman–Crippen LogP) is 4.26. The summed E-state index contributed by atoms with van der Waals surface area (Å²) in [7, 11) is 4.35. The minimum atomic E-state index is -4.59. The van der Waals surface area contributed by atoms with Crippen molar-refractivity contribution in [3.8, 4) is 0 Å². The van der Waals surface area contributed by atoms with Crippen LogP contribution in [-0.4, -0.2) is 12.0 Å². The molecule has 2 rings (SSSR count). The van der Waals surface area contributed by atoms with Crippen molar-refractivity contribution in [2.45, 2.75) is 11.1 Å². The van der Waals surface area contributed by atoms with Gasteiger partial charge >= 0.3 is 6.18 Å². The normalized spacial score (nSPS) is 19.8. The second-order valence-corrected chi connectivity index (χ2v) is 5.28. The van der Waals surface area contributed by atoms with Crippen LogP contribution >= 0.6 is 22.3 Å². The molecule has 8 heteroatoms. The Balaban J connectivity index is 2.58. The summed E-state index contributed by atoms with van der Waals surface area (Å²) >= 11 is 5.70. The average Bonchev–Trinajstić information content (AvgIpc) is 2.17. The molecule has 16 heavy (non-hydrogen) atoms. The molecule has 0 aromatic heterocycles. The molecule has 0 amide bonds. The molecule has 0 bridgehead atoms. The van der Waals surface area contributed by atoms with Crippen molar-refractivity contribution in [1.82, 2.24) is 0 Å². The predicted molar refractivity (Wildman–Crippen MR) is 58.5 cm³/mol. The summed E-state index contributed by atoms with van der Waals surface area (Å²) in [6.07, 6.45) is -4.59. The summed E-state index contributed by atoms with van der Waals surface area (Å²) in [5, 5.41) is 0.387. The molecule has 0 radical (unpaired) electrons. The van der Waals surface area contributed by atoms with Gasteiger partial charge in [0.25, 0.3) is 0 Å². The number of fused-ring (bicyclic) bond motifs is 1. The van der Waals surface area contributed by atoms with Crippen LogP contribution < -0.4 is 0 Å². The number of hydrogen-bond donors (Lipinski definition) is 0. The van der Waals surface area contributed by atoms with E-state index in [9.17, 15) is 13.2 Å². The molecule has 0 fully saturated rings. The maximum atomic E-state index is 12.4. The first-order valence-corrected chi connectivity index (χ1v) is 6.34. The van der Waals surface area contributed by atoms with E-state index in [1.54, 1.807) is 0 Å². The highest BCUT2D eigenvalue weighted by atomic mass is 35.7. The van der Waals surface area contributed by atoms with Gasteiger partial charge in [0.1, 0.15) is 0 Å². The lowest BCUT2D eigenvalue weighted by atomic mass is 10.3. The van der Waals surface area contributed by atoms with Crippen molar-refractivity contribution < 1.29 is 13.2 Å². The highest BCUT2D eigenvalue weighted by molar-refractivity contribution is 8.10. The highest BCUT2D eigenvalue weighted by Crippen LogP contribution is 2.35. The van der Waals surface area contributed by atoms with Crippen LogP contribution in [0, 0.1) is 0 Å². The Kier molecular flexibility index (Phi) is 2.98. The lowest BCUT2D eigenvalue weighted by Gasteiger charge is -2.14. The topological polar surface area (TPSA) is 24.7 Å². The lowest BCUT2D eigenvalue weighted by Crippen LogP contribution is -2.22. The number of hydrogen-bond acceptors (Lipinski definition) is 2. The van der Waals surface area contributed by atoms with Gasteiger partial charge in [0.2, 0.25) is 5.84 Å². The summed E-state index contributed by atoms with van der Waals surface area (Å²) in [4.78, 5) is 3.80. The van der Waals surface area contributed by atoms with Gasteiger partial charge in [-0.05, 0) is 28.9 Å². The summed E-state index contributed by atoms with van der Waals surface area (Å²) in [5.41, 5.74) is 0.157. The van der Waals surface area contributed by atoms with Gasteiger partial charge in [0, 0.05) is 14.9 Å². The number of amidine groups is 1. The first kappa shape index (κ1) is 11.9. The second-order valence-electron chi connectivity index (χ2n) is 2.87. The molecule has 1 aliphatic rings. The first-order chi connectivity index (χ1) is 7.38. The molecule has 86 valence electrons. The molecule has 0 saturated carbocycles. The van der Waals surface area contributed by atoms with Crippen molar-refractivity contribution in [3.63, 3.8) is 0 Å². The van der Waals surface area contributed by atoms with Gasteiger partial charge in [-0.3, -0.25) is 0 Å². The Morgan fingerprint density at radius 1 is 1.25 bits per heavy atom. The van der Waals surface area contributed by atoms with E-state index in [1.807, 2.05) is 0 Å². The standard InChI is InChI=1S/C8H3Cl2F3N2S/c9-4-1-2-5-6(3-4)16(10)15-7(14-5)8(11,12)13/h1-3H. The number of benzene rings is 1. The Morgan fingerprint density at radius 3 is 2.56 bits per heavy atom. The van der Waals surface area contributed by atoms with E-state index in [0.717, 1.165) is 0 Å². The molecule has 0 spiro atoms. The van der Waals surface area contributed by atoms with Crippen LogP contribution in [0.2, 0.25) is 5.02 Å². The molecule has 1 atom stereocenters. The summed E-state index contributed by atoms with van der Waals surface area (Å²) in [6.45, 7) is 0. The van der Waals surface area contributed by atoms with Gasteiger partial charge in [0.05, 0.1) is 10.6 Å². The monoisotopic (exact) mass is 286 g/mol. The average molecular weight is 287 g/mol. The number of rotatable bonds is 0. The fourth-order valence-corrected chi connectivity index (χ4v) is 2.80. The van der Waals surface area contributed by atoms with Gasteiger partial charge in [0.15, 0.2) is 0 Å². The fraction of sp³-hybridized carbons (Fsp3) is 0.125. The van der Waals surface area contributed by atoms with Crippen molar-refractivity contribution in [2.24, 2.45) is 9.36 Å². The van der Waals surface area contributed by atoms with Gasteiger partial charge in [-0.2, -0.15) is 17.5 Å². The molecule has 0 saturated heterocycles. The minimum absolute atomic E-state index is 0.157. The maximum absolute atomic E-state index is 12.4. The summed E-state index contributed by atoms with van der Waals surface area (Å²) in [6, 6.07) is 4.31. The number of alkyl halides is 3. The minimum Gasteiger partial charge on any atom is -0.223 e. The first-order valence-electron chi connectivity index (χ1n) is 3.96. The Morgan fingerprint density at radius 2 is 1.94 bits per heavy atom. The second kappa shape index (κ2) is 4.01. The van der Waals surface area contributed by atoms with E-state index in [-0.39, 0.29) is 5.69 Å². The van der Waals surface area contributed by atoms with E-state index in [2.05, 4.69) is 9.36 Å². The zero-order chi connectivity index (χ0) is 11.9. The summed E-state index contributed by atoms with van der Waals surface area (Å²) < 4.78 is 40.4. The zero-order valence-electron chi connectivity index (χ0n) is 7.42. The number of halogens is 5. The third kappa shape index (κ3) is 2.23. The third-order valence-corrected chi connectivity index (χ3v) is 3.71. The third-order valence-electron chi connectivity index (χ3n) is 1.75. The number of nitrogens with zero attached hydrogens (tertiary/aromatic N) is 2. The number of aliphatic imine (C=N–C) groups is 1. The lowest BCUT2D eigenvalue weighted by molar-refractivity contribution is -0.0595. The Labute approximate surface area is 101 Å². The van der Waals surface area contributed by atoms with Crippen molar-refractivity contribution in [3.05, 3.63) is 23.2 Å². The quantitative estimate of drug-likeness (QED) is 0.681. The maximum Gasteiger partial charge on any atom is 0.452 e. The van der Waals surface area contributed by atoms with E-state index < -0.39 is 21.9 Å². The van der Waals surface area contributed by atoms with Crippen molar-refractivity contribution in [2.75, 3.05) is 0 Å². The molecule has 1 unspecified atom stereocenters. The van der Waals surface area contributed by atoms with E-state index in [1.165, 1.54) is 18.2 Å². The molecular formula is C8H3Cl2F3N2S. The van der Waals surface area contributed by atoms with Crippen molar-refractivity contribution in [1.29, 1.82) is 0 Å². The molecule has 1 heterocycles. The smallest absolute Gasteiger partial charge is 0.223 e. The zero-order valence-corrected chi connectivity index (χ0v) is 9.75. The van der Waals surface area contributed by atoms with Gasteiger partial charge < -0.3 is 0 Å². The van der Waals surface area contributed by atoms with Gasteiger partial charge in [-0.15, -0.1) is 0 Å². The van der Waals surface area contributed by atoms with E-state index >= 15 is 0 Å². The van der Waals surface area contributed by atoms with Crippen LogP contribution in [0.4, 0.5) is 18.9 Å². The summed E-state index contributed by atoms with van der Waals surface area (Å²) in [5.74, 6) is -1.21. The highest BCUT2D eigenvalue weighted by Gasteiger charge is 2.38. The van der Waals surface area contributed by atoms with Crippen LogP contribution in [0.3, 0.4) is 0 Å².